The SMILES string of the molecule is CCC(N)(CCc1ccc(C(=O)CCCCc2ccccc2)s1)COP(=O)(O)O. The third kappa shape index (κ3) is 8.91. The zero-order chi connectivity index (χ0) is 21.3. The van der Waals surface area contributed by atoms with Gasteiger partial charge in [0, 0.05) is 16.8 Å². The Morgan fingerprint density at radius 2 is 1.86 bits per heavy atom. The van der Waals surface area contributed by atoms with Crippen molar-refractivity contribution in [2.24, 2.45) is 5.73 Å². The summed E-state index contributed by atoms with van der Waals surface area (Å²) in [4.78, 5) is 32.0. The summed E-state index contributed by atoms with van der Waals surface area (Å²) >= 11 is 1.47. The lowest BCUT2D eigenvalue weighted by Crippen LogP contribution is -2.44. The Labute approximate surface area is 176 Å². The molecule has 1 aromatic heterocycles. The van der Waals surface area contributed by atoms with Crippen LogP contribution >= 0.6 is 19.2 Å². The van der Waals surface area contributed by atoms with E-state index < -0.39 is 13.4 Å². The van der Waals surface area contributed by atoms with Gasteiger partial charge in [-0.1, -0.05) is 37.3 Å². The van der Waals surface area contributed by atoms with E-state index in [1.54, 1.807) is 0 Å². The van der Waals surface area contributed by atoms with Gasteiger partial charge in [-0.25, -0.2) is 4.57 Å². The number of nitrogens with two attached hydrogens (primary N) is 1. The summed E-state index contributed by atoms with van der Waals surface area (Å²) in [6, 6.07) is 14.1. The number of carbonyl (C=O) groups is 1. The highest BCUT2D eigenvalue weighted by Gasteiger charge is 2.27. The monoisotopic (exact) mass is 439 g/mol. The number of hydrogen-bond acceptors (Lipinski definition) is 5. The van der Waals surface area contributed by atoms with Crippen molar-refractivity contribution < 1.29 is 23.7 Å². The van der Waals surface area contributed by atoms with E-state index in [0.29, 0.717) is 25.7 Å². The number of Topliss-reactive ketones (excluding diaryl/α,β-unsaturated/α-hetero) is 1. The molecule has 1 atom stereocenters. The van der Waals surface area contributed by atoms with Gasteiger partial charge in [-0.3, -0.25) is 9.32 Å². The molecule has 0 aliphatic rings. The maximum Gasteiger partial charge on any atom is 0.469 e. The van der Waals surface area contributed by atoms with Crippen molar-refractivity contribution in [1.82, 2.24) is 0 Å². The van der Waals surface area contributed by atoms with Gasteiger partial charge in [0.05, 0.1) is 11.5 Å². The number of phosphoric ester groups is 1. The van der Waals surface area contributed by atoms with Crippen molar-refractivity contribution in [2.45, 2.75) is 57.4 Å². The molecule has 0 radical (unpaired) electrons. The molecule has 1 unspecified atom stereocenters. The fourth-order valence-corrected chi connectivity index (χ4v) is 4.38. The first kappa shape index (κ1) is 23.9. The largest absolute Gasteiger partial charge is 0.469 e. The summed E-state index contributed by atoms with van der Waals surface area (Å²) in [5.74, 6) is 0.161. The number of thiophene rings is 1. The van der Waals surface area contributed by atoms with Crippen LogP contribution in [0.5, 0.6) is 0 Å². The van der Waals surface area contributed by atoms with E-state index in [1.807, 2.05) is 37.3 Å². The second-order valence-corrected chi connectivity index (χ2v) is 9.77. The molecule has 0 aliphatic carbocycles. The number of phosphoric acid groups is 1. The van der Waals surface area contributed by atoms with Crippen molar-refractivity contribution in [2.75, 3.05) is 6.61 Å². The molecule has 29 heavy (non-hydrogen) atoms. The van der Waals surface area contributed by atoms with E-state index in [2.05, 4.69) is 16.7 Å². The molecule has 8 heteroatoms. The lowest BCUT2D eigenvalue weighted by Gasteiger charge is -2.27. The van der Waals surface area contributed by atoms with Gasteiger partial charge in [-0.2, -0.15) is 0 Å². The summed E-state index contributed by atoms with van der Waals surface area (Å²) in [6.45, 7) is 1.66. The fraction of sp³-hybridized carbons (Fsp3) is 0.476. The van der Waals surface area contributed by atoms with Crippen LogP contribution in [0, 0.1) is 0 Å². The standard InChI is InChI=1S/C21H30NO5PS/c1-2-21(22,16-27-28(24,25)26)15-14-18-12-13-20(29-18)19(23)11-7-6-10-17-8-4-3-5-9-17/h3-5,8-9,12-13H,2,6-7,10-11,14-16,22H2,1H3,(H2,24,25,26). The molecule has 0 fully saturated rings. The Kier molecular flexibility index (Phi) is 9.21. The zero-order valence-electron chi connectivity index (χ0n) is 16.8. The van der Waals surface area contributed by atoms with Crippen LogP contribution in [-0.2, 0) is 21.9 Å². The van der Waals surface area contributed by atoms with Gasteiger partial charge < -0.3 is 15.5 Å². The second-order valence-electron chi connectivity index (χ2n) is 7.36. The molecule has 0 bridgehead atoms. The molecule has 0 saturated heterocycles. The van der Waals surface area contributed by atoms with E-state index >= 15 is 0 Å². The van der Waals surface area contributed by atoms with Gasteiger partial charge in [-0.05, 0) is 56.2 Å². The van der Waals surface area contributed by atoms with Crippen LogP contribution in [-0.4, -0.2) is 27.7 Å². The van der Waals surface area contributed by atoms with E-state index in [9.17, 15) is 9.36 Å². The first-order valence-electron chi connectivity index (χ1n) is 9.85. The maximum absolute atomic E-state index is 12.4. The number of benzene rings is 1. The molecular formula is C21H30NO5PS. The molecule has 0 saturated carbocycles. The lowest BCUT2D eigenvalue weighted by molar-refractivity contribution is 0.0983. The van der Waals surface area contributed by atoms with Crippen molar-refractivity contribution >= 4 is 24.9 Å². The Morgan fingerprint density at radius 3 is 2.52 bits per heavy atom. The second kappa shape index (κ2) is 11.2. The summed E-state index contributed by atoms with van der Waals surface area (Å²) in [6.07, 6.45) is 5.07. The number of hydrogen-bond donors (Lipinski definition) is 3. The van der Waals surface area contributed by atoms with Crippen LogP contribution in [0.25, 0.3) is 0 Å². The van der Waals surface area contributed by atoms with Crippen LogP contribution in [0.15, 0.2) is 42.5 Å². The van der Waals surface area contributed by atoms with Crippen molar-refractivity contribution in [3.63, 3.8) is 0 Å². The third-order valence-electron chi connectivity index (χ3n) is 4.99. The first-order valence-corrected chi connectivity index (χ1v) is 12.2. The average Bonchev–Trinajstić information content (AvgIpc) is 3.18. The van der Waals surface area contributed by atoms with Gasteiger partial charge >= 0.3 is 7.82 Å². The van der Waals surface area contributed by atoms with Gasteiger partial charge in [0.1, 0.15) is 0 Å². The van der Waals surface area contributed by atoms with Crippen molar-refractivity contribution in [1.29, 1.82) is 0 Å². The van der Waals surface area contributed by atoms with E-state index in [-0.39, 0.29) is 12.4 Å². The third-order valence-corrected chi connectivity index (χ3v) is 6.64. The lowest BCUT2D eigenvalue weighted by atomic mass is 9.92. The van der Waals surface area contributed by atoms with Crippen molar-refractivity contribution in [3.05, 3.63) is 57.8 Å². The van der Waals surface area contributed by atoms with E-state index in [0.717, 1.165) is 29.0 Å². The van der Waals surface area contributed by atoms with E-state index in [4.69, 9.17) is 15.5 Å². The minimum atomic E-state index is -4.54. The number of carbonyl (C=O) groups excluding carboxylic acids is 1. The highest BCUT2D eigenvalue weighted by atomic mass is 32.1. The normalized spacial score (nSPS) is 13.9. The summed E-state index contributed by atoms with van der Waals surface area (Å²) in [7, 11) is -4.54. The number of rotatable bonds is 13. The van der Waals surface area contributed by atoms with Gasteiger partial charge in [0.2, 0.25) is 0 Å². The molecule has 2 aromatic rings. The summed E-state index contributed by atoms with van der Waals surface area (Å²) < 4.78 is 15.5. The molecule has 4 N–H and O–H groups in total. The molecule has 6 nitrogen and oxygen atoms in total. The van der Waals surface area contributed by atoms with E-state index in [1.165, 1.54) is 16.9 Å². The molecule has 0 spiro atoms. The zero-order valence-corrected chi connectivity index (χ0v) is 18.5. The number of aryl methyl sites for hydroxylation is 2. The van der Waals surface area contributed by atoms with Gasteiger partial charge in [0.25, 0.3) is 0 Å². The van der Waals surface area contributed by atoms with Crippen molar-refractivity contribution in [3.8, 4) is 0 Å². The Hall–Kier alpha value is -1.34. The van der Waals surface area contributed by atoms with Crippen LogP contribution < -0.4 is 5.73 Å². The molecule has 1 aromatic carbocycles. The predicted octanol–water partition coefficient (Wildman–Crippen LogP) is 4.49. The topological polar surface area (TPSA) is 110 Å². The fourth-order valence-electron chi connectivity index (χ4n) is 2.98. The summed E-state index contributed by atoms with van der Waals surface area (Å²) in [5.41, 5.74) is 6.70. The molecule has 0 aliphatic heterocycles. The average molecular weight is 440 g/mol. The first-order chi connectivity index (χ1) is 13.7. The molecule has 160 valence electrons. The Morgan fingerprint density at radius 1 is 1.14 bits per heavy atom. The van der Waals surface area contributed by atoms with Crippen LogP contribution in [0.3, 0.4) is 0 Å². The van der Waals surface area contributed by atoms with Crippen LogP contribution in [0.2, 0.25) is 0 Å². The maximum atomic E-state index is 12.4. The predicted molar refractivity (Wildman–Crippen MR) is 116 cm³/mol. The van der Waals surface area contributed by atoms with Crippen LogP contribution in [0.4, 0.5) is 0 Å². The van der Waals surface area contributed by atoms with Gasteiger partial charge in [-0.15, -0.1) is 11.3 Å². The molecule has 1 heterocycles. The summed E-state index contributed by atoms with van der Waals surface area (Å²) in [5, 5.41) is 0. The smallest absolute Gasteiger partial charge is 0.323 e. The Balaban J connectivity index is 1.77. The van der Waals surface area contributed by atoms with Gasteiger partial charge in [0.15, 0.2) is 5.78 Å². The molecule has 2 rings (SSSR count). The highest BCUT2D eigenvalue weighted by molar-refractivity contribution is 7.46. The molecular weight excluding hydrogens is 409 g/mol. The highest BCUT2D eigenvalue weighted by Crippen LogP contribution is 2.37. The quantitative estimate of drug-likeness (QED) is 0.241. The number of ketones is 1. The number of unbranched alkanes of at least 4 members (excludes halogenated alkanes) is 1. The minimum absolute atomic E-state index is 0.161. The molecule has 0 amide bonds. The minimum Gasteiger partial charge on any atom is -0.323 e. The van der Waals surface area contributed by atoms with Crippen LogP contribution in [0.1, 0.15) is 59.1 Å². The Bertz CT molecular complexity index is 819.